The molecule has 0 radical (unpaired) electrons. The lowest BCUT2D eigenvalue weighted by Crippen LogP contribution is -2.23. The first-order chi connectivity index (χ1) is 10.4. The summed E-state index contributed by atoms with van der Waals surface area (Å²) >= 11 is 0. The van der Waals surface area contributed by atoms with Crippen molar-refractivity contribution < 1.29 is 0 Å². The van der Waals surface area contributed by atoms with E-state index in [-0.39, 0.29) is 0 Å². The Morgan fingerprint density at radius 1 is 0.619 bits per heavy atom. The lowest BCUT2D eigenvalue weighted by Gasteiger charge is -2.28. The zero-order valence-electron chi connectivity index (χ0n) is 12.4. The third-order valence-electron chi connectivity index (χ3n) is 5.43. The summed E-state index contributed by atoms with van der Waals surface area (Å²) in [5, 5.41) is 0. The van der Waals surface area contributed by atoms with Crippen LogP contribution in [0.15, 0.2) is 72.8 Å². The summed E-state index contributed by atoms with van der Waals surface area (Å²) < 4.78 is 0. The van der Waals surface area contributed by atoms with Gasteiger partial charge in [0.25, 0.3) is 0 Å². The summed E-state index contributed by atoms with van der Waals surface area (Å²) in [6.45, 7) is 0. The molecule has 21 heavy (non-hydrogen) atoms. The molecule has 1 fully saturated rings. The molecular formula is C21H22. The summed E-state index contributed by atoms with van der Waals surface area (Å²) in [5.74, 6) is 3.26. The van der Waals surface area contributed by atoms with Crippen molar-refractivity contribution in [1.82, 2.24) is 0 Å². The molecule has 0 N–H and O–H groups in total. The molecule has 2 aromatic carbocycles. The number of rotatable bonds is 4. The minimum atomic E-state index is 0.809. The second-order valence-corrected chi connectivity index (χ2v) is 6.66. The molecule has 4 unspecified atom stereocenters. The highest BCUT2D eigenvalue weighted by molar-refractivity contribution is 5.23. The maximum Gasteiger partial charge on any atom is -0.0193 e. The quantitative estimate of drug-likeness (QED) is 0.695. The zero-order valence-corrected chi connectivity index (χ0v) is 12.4. The van der Waals surface area contributed by atoms with Gasteiger partial charge in [-0.3, -0.25) is 0 Å². The SMILES string of the molecule is C1=CC2CC1C(Cc1ccccc1)C2Cc1ccccc1. The average Bonchev–Trinajstić information content (AvgIpc) is 3.13. The Bertz CT molecular complexity index is 556. The molecule has 2 bridgehead atoms. The van der Waals surface area contributed by atoms with Crippen LogP contribution in [0, 0.1) is 23.7 Å². The van der Waals surface area contributed by atoms with Crippen molar-refractivity contribution in [3.8, 4) is 0 Å². The van der Waals surface area contributed by atoms with Crippen molar-refractivity contribution in [2.24, 2.45) is 23.7 Å². The van der Waals surface area contributed by atoms with E-state index in [2.05, 4.69) is 72.8 Å². The summed E-state index contributed by atoms with van der Waals surface area (Å²) in [4.78, 5) is 0. The van der Waals surface area contributed by atoms with Crippen LogP contribution in [0.4, 0.5) is 0 Å². The van der Waals surface area contributed by atoms with Gasteiger partial charge in [0.1, 0.15) is 0 Å². The largest absolute Gasteiger partial charge is 0.0848 e. The molecule has 0 saturated heterocycles. The molecule has 4 rings (SSSR count). The third-order valence-corrected chi connectivity index (χ3v) is 5.43. The number of fused-ring (bicyclic) bond motifs is 2. The summed E-state index contributed by atoms with van der Waals surface area (Å²) in [5.41, 5.74) is 3.00. The van der Waals surface area contributed by atoms with Gasteiger partial charge in [-0.05, 0) is 54.1 Å². The van der Waals surface area contributed by atoms with Gasteiger partial charge >= 0.3 is 0 Å². The number of hydrogen-bond donors (Lipinski definition) is 0. The van der Waals surface area contributed by atoms with E-state index in [1.807, 2.05) is 0 Å². The first-order valence-corrected chi connectivity index (χ1v) is 8.16. The molecule has 0 heteroatoms. The van der Waals surface area contributed by atoms with E-state index < -0.39 is 0 Å². The van der Waals surface area contributed by atoms with Gasteiger partial charge in [-0.1, -0.05) is 72.8 Å². The van der Waals surface area contributed by atoms with Crippen molar-refractivity contribution >= 4 is 0 Å². The van der Waals surface area contributed by atoms with E-state index in [0.717, 1.165) is 23.7 Å². The van der Waals surface area contributed by atoms with Crippen molar-refractivity contribution in [2.75, 3.05) is 0 Å². The number of allylic oxidation sites excluding steroid dienone is 2. The maximum atomic E-state index is 2.49. The molecule has 0 aliphatic heterocycles. The second-order valence-electron chi connectivity index (χ2n) is 6.66. The fourth-order valence-electron chi connectivity index (χ4n) is 4.40. The minimum Gasteiger partial charge on any atom is -0.0848 e. The van der Waals surface area contributed by atoms with Crippen molar-refractivity contribution in [3.63, 3.8) is 0 Å². The van der Waals surface area contributed by atoms with Crippen LogP contribution in [-0.2, 0) is 12.8 Å². The van der Waals surface area contributed by atoms with Gasteiger partial charge in [0.15, 0.2) is 0 Å². The van der Waals surface area contributed by atoms with Crippen molar-refractivity contribution in [2.45, 2.75) is 19.3 Å². The van der Waals surface area contributed by atoms with Crippen molar-refractivity contribution in [1.29, 1.82) is 0 Å². The van der Waals surface area contributed by atoms with Gasteiger partial charge < -0.3 is 0 Å². The average molecular weight is 274 g/mol. The van der Waals surface area contributed by atoms with Gasteiger partial charge in [0, 0.05) is 0 Å². The van der Waals surface area contributed by atoms with E-state index in [1.54, 1.807) is 0 Å². The molecule has 0 spiro atoms. The van der Waals surface area contributed by atoms with Crippen LogP contribution in [0.3, 0.4) is 0 Å². The molecule has 0 nitrogen and oxygen atoms in total. The van der Waals surface area contributed by atoms with Crippen LogP contribution in [-0.4, -0.2) is 0 Å². The normalized spacial score (nSPS) is 29.9. The lowest BCUT2D eigenvalue weighted by atomic mass is 9.76. The Labute approximate surface area is 127 Å². The molecule has 2 aromatic rings. The predicted molar refractivity (Wildman–Crippen MR) is 88.0 cm³/mol. The molecule has 0 amide bonds. The molecule has 106 valence electrons. The van der Waals surface area contributed by atoms with E-state index in [0.29, 0.717) is 0 Å². The fraction of sp³-hybridized carbons (Fsp3) is 0.333. The standard InChI is InChI=1S/C21H22/c1-3-7-16(8-4-1)13-20-18-11-12-19(15-18)21(20)14-17-9-5-2-6-10-17/h1-12,18-21H,13-15H2. The maximum absolute atomic E-state index is 2.49. The van der Waals surface area contributed by atoms with Crippen LogP contribution in [0.1, 0.15) is 17.5 Å². The molecule has 2 aliphatic rings. The topological polar surface area (TPSA) is 0 Å². The Balaban J connectivity index is 1.55. The van der Waals surface area contributed by atoms with Crippen molar-refractivity contribution in [3.05, 3.63) is 83.9 Å². The summed E-state index contributed by atoms with van der Waals surface area (Å²) in [6, 6.07) is 22.1. The monoisotopic (exact) mass is 274 g/mol. The Kier molecular flexibility index (Phi) is 3.39. The highest BCUT2D eigenvalue weighted by Gasteiger charge is 2.43. The predicted octanol–water partition coefficient (Wildman–Crippen LogP) is 4.91. The van der Waals surface area contributed by atoms with E-state index in [1.165, 1.54) is 30.4 Å². The molecule has 1 saturated carbocycles. The second kappa shape index (κ2) is 5.52. The third kappa shape index (κ3) is 2.55. The van der Waals surface area contributed by atoms with E-state index in [4.69, 9.17) is 0 Å². The van der Waals surface area contributed by atoms with Gasteiger partial charge in [0.2, 0.25) is 0 Å². The van der Waals surface area contributed by atoms with Crippen LogP contribution < -0.4 is 0 Å². The molecule has 0 aromatic heterocycles. The minimum absolute atomic E-state index is 0.809. The fourth-order valence-corrected chi connectivity index (χ4v) is 4.40. The molecule has 4 atom stereocenters. The van der Waals surface area contributed by atoms with Gasteiger partial charge in [-0.25, -0.2) is 0 Å². The first-order valence-electron chi connectivity index (χ1n) is 8.16. The molecule has 2 aliphatic carbocycles. The first kappa shape index (κ1) is 12.9. The van der Waals surface area contributed by atoms with Crippen LogP contribution in [0.25, 0.3) is 0 Å². The lowest BCUT2D eigenvalue weighted by molar-refractivity contribution is 0.305. The molecule has 0 heterocycles. The summed E-state index contributed by atoms with van der Waals surface area (Å²) in [7, 11) is 0. The Morgan fingerprint density at radius 2 is 1.05 bits per heavy atom. The zero-order chi connectivity index (χ0) is 14.1. The van der Waals surface area contributed by atoms with Crippen LogP contribution in [0.2, 0.25) is 0 Å². The number of benzene rings is 2. The van der Waals surface area contributed by atoms with Crippen LogP contribution in [0.5, 0.6) is 0 Å². The summed E-state index contributed by atoms with van der Waals surface area (Å²) in [6.07, 6.45) is 8.84. The van der Waals surface area contributed by atoms with Crippen LogP contribution >= 0.6 is 0 Å². The smallest absolute Gasteiger partial charge is 0.0193 e. The number of hydrogen-bond acceptors (Lipinski definition) is 0. The molecular weight excluding hydrogens is 252 g/mol. The van der Waals surface area contributed by atoms with Gasteiger partial charge in [0.05, 0.1) is 0 Å². The van der Waals surface area contributed by atoms with E-state index in [9.17, 15) is 0 Å². The Hall–Kier alpha value is -1.82. The Morgan fingerprint density at radius 3 is 1.48 bits per heavy atom. The highest BCUT2D eigenvalue weighted by atomic mass is 14.5. The van der Waals surface area contributed by atoms with E-state index >= 15 is 0 Å². The van der Waals surface area contributed by atoms with Gasteiger partial charge in [-0.2, -0.15) is 0 Å². The van der Waals surface area contributed by atoms with Gasteiger partial charge in [-0.15, -0.1) is 0 Å². The highest BCUT2D eigenvalue weighted by Crippen LogP contribution is 2.50.